The van der Waals surface area contributed by atoms with Crippen LogP contribution in [0.15, 0.2) is 53.3 Å². The molecule has 2 aromatic carbocycles. The molecule has 0 saturated heterocycles. The van der Waals surface area contributed by atoms with E-state index in [9.17, 15) is 14.7 Å². The molecule has 2 N–H and O–H groups in total. The van der Waals surface area contributed by atoms with Gasteiger partial charge in [-0.2, -0.15) is 5.10 Å². The smallest absolute Gasteiger partial charge is 0.336 e. The molecule has 0 aliphatic carbocycles. The second-order valence-electron chi connectivity index (χ2n) is 7.30. The third-order valence-electron chi connectivity index (χ3n) is 4.94. The summed E-state index contributed by atoms with van der Waals surface area (Å²) in [5, 5.41) is 15.8. The molecule has 4 rings (SSSR count). The third-order valence-corrected chi connectivity index (χ3v) is 5.21. The Labute approximate surface area is 177 Å². The van der Waals surface area contributed by atoms with Crippen LogP contribution >= 0.6 is 11.6 Å². The van der Waals surface area contributed by atoms with Crippen LogP contribution in [0.1, 0.15) is 41.5 Å². The number of fused-ring (bicyclic) bond motifs is 1. The van der Waals surface area contributed by atoms with Crippen LogP contribution in [0.3, 0.4) is 0 Å². The van der Waals surface area contributed by atoms with Crippen LogP contribution < -0.4 is 5.56 Å². The van der Waals surface area contributed by atoms with Crippen molar-refractivity contribution in [3.05, 3.63) is 81.0 Å². The van der Waals surface area contributed by atoms with Crippen molar-refractivity contribution >= 4 is 28.6 Å². The fourth-order valence-electron chi connectivity index (χ4n) is 3.54. The van der Waals surface area contributed by atoms with Crippen molar-refractivity contribution in [1.82, 2.24) is 19.7 Å². The molecule has 4 aromatic rings. The van der Waals surface area contributed by atoms with Gasteiger partial charge in [-0.05, 0) is 22.8 Å². The Balaban J connectivity index is 1.76. The molecule has 0 fully saturated rings. The topological polar surface area (TPSA) is 101 Å². The molecule has 0 saturated carbocycles. The summed E-state index contributed by atoms with van der Waals surface area (Å²) in [5.74, 6) is -0.147. The van der Waals surface area contributed by atoms with Gasteiger partial charge in [-0.25, -0.2) is 14.9 Å². The molecule has 2 aromatic heterocycles. The second-order valence-corrected chi connectivity index (χ2v) is 7.66. The Bertz CT molecular complexity index is 1310. The average Bonchev–Trinajstić information content (AvgIpc) is 3.12. The number of H-pyrrole nitrogens is 1. The summed E-state index contributed by atoms with van der Waals surface area (Å²) in [5.41, 5.74) is 3.08. The summed E-state index contributed by atoms with van der Waals surface area (Å²) in [7, 11) is 0. The summed E-state index contributed by atoms with van der Waals surface area (Å²) >= 11 is 6.15. The zero-order valence-electron chi connectivity index (χ0n) is 16.4. The Morgan fingerprint density at radius 2 is 1.87 bits per heavy atom. The van der Waals surface area contributed by atoms with E-state index >= 15 is 0 Å². The van der Waals surface area contributed by atoms with Crippen molar-refractivity contribution < 1.29 is 9.90 Å². The van der Waals surface area contributed by atoms with E-state index in [1.807, 2.05) is 48.7 Å². The molecule has 0 unspecified atom stereocenters. The quantitative estimate of drug-likeness (QED) is 0.499. The fourth-order valence-corrected chi connectivity index (χ4v) is 3.72. The van der Waals surface area contributed by atoms with E-state index in [1.165, 1.54) is 0 Å². The van der Waals surface area contributed by atoms with E-state index in [-0.39, 0.29) is 22.2 Å². The maximum absolute atomic E-state index is 12.4. The maximum Gasteiger partial charge on any atom is 0.336 e. The number of carboxylic acids is 1. The van der Waals surface area contributed by atoms with Crippen molar-refractivity contribution in [2.24, 2.45) is 0 Å². The van der Waals surface area contributed by atoms with Crippen LogP contribution in [0.5, 0.6) is 0 Å². The molecule has 0 atom stereocenters. The fraction of sp³-hybridized carbons (Fsp3) is 0.182. The highest BCUT2D eigenvalue weighted by atomic mass is 35.5. The van der Waals surface area contributed by atoms with Crippen molar-refractivity contribution in [2.45, 2.75) is 26.3 Å². The van der Waals surface area contributed by atoms with Crippen molar-refractivity contribution in [1.29, 1.82) is 0 Å². The van der Waals surface area contributed by atoms with Crippen LogP contribution in [0.25, 0.3) is 22.2 Å². The minimum absolute atomic E-state index is 0.0783. The van der Waals surface area contributed by atoms with Crippen LogP contribution in [-0.2, 0) is 6.54 Å². The zero-order chi connectivity index (χ0) is 21.4. The van der Waals surface area contributed by atoms with Gasteiger partial charge < -0.3 is 9.67 Å². The third kappa shape index (κ3) is 3.48. The highest BCUT2D eigenvalue weighted by Gasteiger charge is 2.19. The molecule has 0 radical (unpaired) electrons. The molecular formula is C22H19ClN4O3. The van der Waals surface area contributed by atoms with Crippen molar-refractivity contribution in [3.63, 3.8) is 0 Å². The number of nitrogens with one attached hydrogen (secondary N) is 1. The first-order chi connectivity index (χ1) is 14.4. The normalized spacial score (nSPS) is 11.3. The lowest BCUT2D eigenvalue weighted by atomic mass is 9.98. The standard InChI is InChI=1S/C22H19ClN4O3/c1-12(2)20-24-17-18(21(28)26-25-19(17)23)27(20)11-13-7-9-14(10-8-13)15-5-3-4-6-16(15)22(29)30/h3-10,12H,11H2,1-2H3,(H,26,28)(H,29,30). The molecule has 2 heterocycles. The Kier molecular flexibility index (Phi) is 5.13. The number of benzene rings is 2. The van der Waals surface area contributed by atoms with E-state index in [4.69, 9.17) is 11.6 Å². The van der Waals surface area contributed by atoms with Crippen LogP contribution in [0.4, 0.5) is 0 Å². The molecule has 0 aliphatic heterocycles. The molecule has 152 valence electrons. The molecule has 8 heteroatoms. The predicted molar refractivity (Wildman–Crippen MR) is 115 cm³/mol. The summed E-state index contributed by atoms with van der Waals surface area (Å²) in [6.07, 6.45) is 0. The molecular weight excluding hydrogens is 404 g/mol. The average molecular weight is 423 g/mol. The summed E-state index contributed by atoms with van der Waals surface area (Å²) in [6, 6.07) is 14.5. The number of hydrogen-bond acceptors (Lipinski definition) is 4. The van der Waals surface area contributed by atoms with Crippen LogP contribution in [0.2, 0.25) is 5.15 Å². The number of nitrogens with zero attached hydrogens (tertiary/aromatic N) is 3. The van der Waals surface area contributed by atoms with Gasteiger partial charge in [0.25, 0.3) is 5.56 Å². The number of carbonyl (C=O) groups is 1. The monoisotopic (exact) mass is 422 g/mol. The molecule has 0 amide bonds. The molecule has 30 heavy (non-hydrogen) atoms. The van der Waals surface area contributed by atoms with Gasteiger partial charge in [0.2, 0.25) is 0 Å². The lowest BCUT2D eigenvalue weighted by Crippen LogP contribution is -2.15. The maximum atomic E-state index is 12.4. The van der Waals surface area contributed by atoms with E-state index in [0.717, 1.165) is 17.0 Å². The minimum atomic E-state index is -0.967. The lowest BCUT2D eigenvalue weighted by Gasteiger charge is -2.12. The van der Waals surface area contributed by atoms with Gasteiger partial charge in [-0.15, -0.1) is 0 Å². The molecule has 0 spiro atoms. The van der Waals surface area contributed by atoms with Gasteiger partial charge in [0.15, 0.2) is 5.15 Å². The lowest BCUT2D eigenvalue weighted by molar-refractivity contribution is 0.0697. The second kappa shape index (κ2) is 7.76. The first kappa shape index (κ1) is 19.8. The molecule has 0 bridgehead atoms. The first-order valence-corrected chi connectivity index (χ1v) is 9.80. The van der Waals surface area contributed by atoms with Gasteiger partial charge in [0, 0.05) is 12.5 Å². The van der Waals surface area contributed by atoms with Crippen LogP contribution in [0, 0.1) is 0 Å². The van der Waals surface area contributed by atoms with Crippen LogP contribution in [-0.4, -0.2) is 30.8 Å². The molecule has 0 aliphatic rings. The Morgan fingerprint density at radius 3 is 2.53 bits per heavy atom. The summed E-state index contributed by atoms with van der Waals surface area (Å²) in [6.45, 7) is 4.42. The largest absolute Gasteiger partial charge is 0.478 e. The van der Waals surface area contributed by atoms with E-state index in [1.54, 1.807) is 18.2 Å². The van der Waals surface area contributed by atoms with E-state index in [2.05, 4.69) is 15.2 Å². The number of halogens is 1. The number of carboxylic acid groups (broad SMARTS) is 1. The van der Waals surface area contributed by atoms with E-state index in [0.29, 0.717) is 23.1 Å². The minimum Gasteiger partial charge on any atom is -0.478 e. The Morgan fingerprint density at radius 1 is 1.17 bits per heavy atom. The van der Waals surface area contributed by atoms with Gasteiger partial charge in [0.1, 0.15) is 16.9 Å². The van der Waals surface area contributed by atoms with Crippen molar-refractivity contribution in [2.75, 3.05) is 0 Å². The molecule has 7 nitrogen and oxygen atoms in total. The van der Waals surface area contributed by atoms with Gasteiger partial charge >= 0.3 is 5.97 Å². The number of hydrogen-bond donors (Lipinski definition) is 2. The van der Waals surface area contributed by atoms with Gasteiger partial charge in [0.05, 0.1) is 5.56 Å². The summed E-state index contributed by atoms with van der Waals surface area (Å²) in [4.78, 5) is 28.5. The number of imidazole rings is 1. The van der Waals surface area contributed by atoms with Gasteiger partial charge in [-0.1, -0.05) is 67.9 Å². The highest BCUT2D eigenvalue weighted by molar-refractivity contribution is 6.33. The number of aromatic nitrogens is 4. The first-order valence-electron chi connectivity index (χ1n) is 9.42. The van der Waals surface area contributed by atoms with Gasteiger partial charge in [-0.3, -0.25) is 4.79 Å². The zero-order valence-corrected chi connectivity index (χ0v) is 17.1. The van der Waals surface area contributed by atoms with E-state index < -0.39 is 5.97 Å². The predicted octanol–water partition coefficient (Wildman–Crippen LogP) is 4.31. The number of aromatic carboxylic acids is 1. The Hall–Kier alpha value is -3.45. The number of rotatable bonds is 5. The SMILES string of the molecule is CC(C)c1nc2c(Cl)n[nH]c(=O)c2n1Cc1ccc(-c2ccccc2C(=O)O)cc1. The number of aromatic amines is 1. The highest BCUT2D eigenvalue weighted by Crippen LogP contribution is 2.27. The van der Waals surface area contributed by atoms with Crippen molar-refractivity contribution in [3.8, 4) is 11.1 Å². The summed E-state index contributed by atoms with van der Waals surface area (Å²) < 4.78 is 1.85.